The predicted octanol–water partition coefficient (Wildman–Crippen LogP) is 2.21. The zero-order valence-electron chi connectivity index (χ0n) is 16.6. The highest BCUT2D eigenvalue weighted by Crippen LogP contribution is 2.10. The number of carbonyl (C=O) groups excluding carboxylic acids is 2. The molecular formula is C21H30N4O3. The number of amides is 3. The molecule has 28 heavy (non-hydrogen) atoms. The van der Waals surface area contributed by atoms with Crippen LogP contribution in [0.2, 0.25) is 0 Å². The Kier molecular flexibility index (Phi) is 7.31. The first kappa shape index (κ1) is 20.2. The zero-order chi connectivity index (χ0) is 19.8. The van der Waals surface area contributed by atoms with Crippen molar-refractivity contribution in [2.24, 2.45) is 0 Å². The van der Waals surface area contributed by atoms with E-state index in [-0.39, 0.29) is 12.1 Å². The Labute approximate surface area is 167 Å². The van der Waals surface area contributed by atoms with Crippen molar-refractivity contribution in [3.8, 4) is 0 Å². The third-order valence-electron chi connectivity index (χ3n) is 5.19. The van der Waals surface area contributed by atoms with Gasteiger partial charge in [0.1, 0.15) is 0 Å². The van der Waals surface area contributed by atoms with E-state index in [0.29, 0.717) is 32.8 Å². The maximum atomic E-state index is 12.7. The Hall–Kier alpha value is -2.54. The molecule has 2 aliphatic rings. The molecule has 7 heteroatoms. The molecule has 0 N–H and O–H groups in total. The first-order valence-corrected chi connectivity index (χ1v) is 10.1. The van der Waals surface area contributed by atoms with Crippen molar-refractivity contribution in [2.45, 2.75) is 6.92 Å². The van der Waals surface area contributed by atoms with Crippen LogP contribution < -0.4 is 0 Å². The van der Waals surface area contributed by atoms with Gasteiger partial charge in [-0.3, -0.25) is 4.90 Å². The molecule has 152 valence electrons. The van der Waals surface area contributed by atoms with Gasteiger partial charge in [-0.2, -0.15) is 0 Å². The van der Waals surface area contributed by atoms with Crippen LogP contribution in [-0.2, 0) is 4.74 Å². The van der Waals surface area contributed by atoms with Gasteiger partial charge in [0.15, 0.2) is 0 Å². The highest BCUT2D eigenvalue weighted by Gasteiger charge is 2.29. The second-order valence-corrected chi connectivity index (χ2v) is 7.06. The van der Waals surface area contributed by atoms with Crippen molar-refractivity contribution in [1.29, 1.82) is 0 Å². The average Bonchev–Trinajstić information content (AvgIpc) is 2.75. The second kappa shape index (κ2) is 10.1. The highest BCUT2D eigenvalue weighted by molar-refractivity contribution is 5.75. The van der Waals surface area contributed by atoms with E-state index >= 15 is 0 Å². The summed E-state index contributed by atoms with van der Waals surface area (Å²) in [6.45, 7) is 8.54. The second-order valence-electron chi connectivity index (χ2n) is 7.06. The van der Waals surface area contributed by atoms with Crippen molar-refractivity contribution < 1.29 is 14.3 Å². The number of piperazine rings is 2. The summed E-state index contributed by atoms with van der Waals surface area (Å²) >= 11 is 0. The number of urea groups is 1. The fourth-order valence-corrected chi connectivity index (χ4v) is 3.52. The first-order chi connectivity index (χ1) is 13.7. The van der Waals surface area contributed by atoms with Gasteiger partial charge in [0.05, 0.1) is 6.61 Å². The topological polar surface area (TPSA) is 56.3 Å². The molecule has 2 heterocycles. The molecule has 7 nitrogen and oxygen atoms in total. The quantitative estimate of drug-likeness (QED) is 0.796. The number of rotatable bonds is 4. The third kappa shape index (κ3) is 5.48. The van der Waals surface area contributed by atoms with Crippen LogP contribution in [0.25, 0.3) is 6.08 Å². The molecule has 2 aliphatic heterocycles. The third-order valence-corrected chi connectivity index (χ3v) is 5.19. The Balaban J connectivity index is 1.38. The molecule has 1 aromatic rings. The molecule has 0 aromatic heterocycles. The molecule has 3 rings (SSSR count). The van der Waals surface area contributed by atoms with Crippen LogP contribution in [0.1, 0.15) is 12.5 Å². The highest BCUT2D eigenvalue weighted by atomic mass is 16.6. The van der Waals surface area contributed by atoms with Gasteiger partial charge in [-0.1, -0.05) is 42.5 Å². The van der Waals surface area contributed by atoms with Gasteiger partial charge in [-0.15, -0.1) is 0 Å². The number of hydrogen-bond donors (Lipinski definition) is 0. The number of carbonyl (C=O) groups is 2. The van der Waals surface area contributed by atoms with Crippen molar-refractivity contribution >= 4 is 18.2 Å². The molecule has 3 amide bonds. The molecular weight excluding hydrogens is 356 g/mol. The molecule has 0 unspecified atom stereocenters. The van der Waals surface area contributed by atoms with Crippen LogP contribution in [0.4, 0.5) is 9.59 Å². The Morgan fingerprint density at radius 2 is 1.46 bits per heavy atom. The minimum Gasteiger partial charge on any atom is -0.450 e. The minimum absolute atomic E-state index is 0.0861. The van der Waals surface area contributed by atoms with Gasteiger partial charge >= 0.3 is 12.1 Å². The molecule has 2 saturated heterocycles. The predicted molar refractivity (Wildman–Crippen MR) is 109 cm³/mol. The van der Waals surface area contributed by atoms with Gasteiger partial charge in [-0.05, 0) is 12.5 Å². The van der Waals surface area contributed by atoms with Crippen molar-refractivity contribution in [1.82, 2.24) is 19.6 Å². The summed E-state index contributed by atoms with van der Waals surface area (Å²) in [4.78, 5) is 32.3. The largest absolute Gasteiger partial charge is 0.450 e. The number of benzene rings is 1. The lowest BCUT2D eigenvalue weighted by Crippen LogP contribution is -2.57. The van der Waals surface area contributed by atoms with Crippen LogP contribution in [0.15, 0.2) is 36.4 Å². The van der Waals surface area contributed by atoms with Crippen molar-refractivity contribution in [2.75, 3.05) is 65.5 Å². The number of hydrogen-bond acceptors (Lipinski definition) is 4. The number of ether oxygens (including phenoxy) is 1. The molecule has 2 fully saturated rings. The standard InChI is InChI=1S/C21H30N4O3/c1-2-28-21(27)25-17-15-24(16-18-25)20(26)23-13-11-22(12-14-23)10-6-9-19-7-4-3-5-8-19/h3-9H,2,10-18H2,1H3/b9-6+. The average molecular weight is 386 g/mol. The van der Waals surface area contributed by atoms with Crippen LogP contribution in [-0.4, -0.2) is 97.2 Å². The van der Waals surface area contributed by atoms with E-state index in [0.717, 1.165) is 32.7 Å². The summed E-state index contributed by atoms with van der Waals surface area (Å²) in [5, 5.41) is 0. The Morgan fingerprint density at radius 1 is 0.893 bits per heavy atom. The molecule has 0 bridgehead atoms. The molecule has 0 atom stereocenters. The lowest BCUT2D eigenvalue weighted by molar-refractivity contribution is 0.0726. The van der Waals surface area contributed by atoms with Gasteiger partial charge in [0.25, 0.3) is 0 Å². The lowest BCUT2D eigenvalue weighted by atomic mass is 10.2. The maximum absolute atomic E-state index is 12.7. The van der Waals surface area contributed by atoms with Gasteiger partial charge in [-0.25, -0.2) is 9.59 Å². The van der Waals surface area contributed by atoms with Crippen LogP contribution >= 0.6 is 0 Å². The van der Waals surface area contributed by atoms with Gasteiger partial charge < -0.3 is 19.4 Å². The smallest absolute Gasteiger partial charge is 0.409 e. The van der Waals surface area contributed by atoms with E-state index in [1.807, 2.05) is 28.0 Å². The Bertz CT molecular complexity index is 663. The normalized spacial score (nSPS) is 18.5. The minimum atomic E-state index is -0.285. The van der Waals surface area contributed by atoms with Crippen molar-refractivity contribution in [3.05, 3.63) is 42.0 Å². The molecule has 1 aromatic carbocycles. The summed E-state index contributed by atoms with van der Waals surface area (Å²) in [6.07, 6.45) is 4.04. The van der Waals surface area contributed by atoms with Crippen LogP contribution in [0.5, 0.6) is 0 Å². The molecule has 0 radical (unpaired) electrons. The summed E-state index contributed by atoms with van der Waals surface area (Å²) in [5.41, 5.74) is 1.21. The fraction of sp³-hybridized carbons (Fsp3) is 0.524. The van der Waals surface area contributed by atoms with E-state index in [2.05, 4.69) is 29.2 Å². The van der Waals surface area contributed by atoms with E-state index in [4.69, 9.17) is 4.74 Å². The van der Waals surface area contributed by atoms with E-state index in [9.17, 15) is 9.59 Å². The van der Waals surface area contributed by atoms with Gasteiger partial charge in [0, 0.05) is 58.9 Å². The maximum Gasteiger partial charge on any atom is 0.409 e. The molecule has 0 saturated carbocycles. The van der Waals surface area contributed by atoms with Crippen molar-refractivity contribution in [3.63, 3.8) is 0 Å². The zero-order valence-corrected chi connectivity index (χ0v) is 16.6. The van der Waals surface area contributed by atoms with Crippen LogP contribution in [0.3, 0.4) is 0 Å². The van der Waals surface area contributed by atoms with E-state index in [1.165, 1.54) is 5.56 Å². The SMILES string of the molecule is CCOC(=O)N1CCN(C(=O)N2CCN(C/C=C/c3ccccc3)CC2)CC1. The lowest BCUT2D eigenvalue weighted by Gasteiger charge is -2.40. The number of nitrogens with zero attached hydrogens (tertiary/aromatic N) is 4. The van der Waals surface area contributed by atoms with E-state index < -0.39 is 0 Å². The summed E-state index contributed by atoms with van der Waals surface area (Å²) < 4.78 is 5.03. The molecule has 0 spiro atoms. The monoisotopic (exact) mass is 386 g/mol. The summed E-state index contributed by atoms with van der Waals surface area (Å²) in [7, 11) is 0. The molecule has 0 aliphatic carbocycles. The van der Waals surface area contributed by atoms with E-state index in [1.54, 1.807) is 11.8 Å². The summed E-state index contributed by atoms with van der Waals surface area (Å²) in [5.74, 6) is 0. The van der Waals surface area contributed by atoms with Gasteiger partial charge in [0.2, 0.25) is 0 Å². The fourth-order valence-electron chi connectivity index (χ4n) is 3.52. The Morgan fingerprint density at radius 3 is 2.07 bits per heavy atom. The summed E-state index contributed by atoms with van der Waals surface area (Å²) in [6, 6.07) is 10.4. The first-order valence-electron chi connectivity index (χ1n) is 10.1. The van der Waals surface area contributed by atoms with Crippen LogP contribution in [0, 0.1) is 0 Å².